The van der Waals surface area contributed by atoms with Gasteiger partial charge in [0.25, 0.3) is 6.02 Å². The van der Waals surface area contributed by atoms with Crippen molar-refractivity contribution in [2.45, 2.75) is 25.0 Å². The van der Waals surface area contributed by atoms with Gasteiger partial charge in [-0.2, -0.15) is 4.39 Å². The van der Waals surface area contributed by atoms with E-state index in [4.69, 9.17) is 24.7 Å². The molecule has 0 fully saturated rings. The minimum Gasteiger partial charge on any atom is -0.489 e. The van der Waals surface area contributed by atoms with E-state index in [2.05, 4.69) is 15.0 Å². The Morgan fingerprint density at radius 3 is 2.76 bits per heavy atom. The third kappa shape index (κ3) is 3.64. The summed E-state index contributed by atoms with van der Waals surface area (Å²) in [6.07, 6.45) is 3.00. The number of hydrogen-bond acceptors (Lipinski definition) is 8. The zero-order valence-corrected chi connectivity index (χ0v) is 18.5. The highest BCUT2D eigenvalue weighted by Crippen LogP contribution is 2.51. The van der Waals surface area contributed by atoms with Gasteiger partial charge in [-0.25, -0.2) is 15.0 Å². The molecule has 0 aliphatic carbocycles. The first kappa shape index (κ1) is 21.1. The lowest BCUT2D eigenvalue weighted by atomic mass is 9.81. The van der Waals surface area contributed by atoms with Crippen molar-refractivity contribution in [3.63, 3.8) is 0 Å². The summed E-state index contributed by atoms with van der Waals surface area (Å²) in [5, 5.41) is 0. The monoisotopic (exact) mass is 450 g/mol. The number of halogens is 1. The third-order valence-corrected chi connectivity index (χ3v) is 5.84. The third-order valence-electron chi connectivity index (χ3n) is 5.84. The Hall–Kier alpha value is -3.72. The van der Waals surface area contributed by atoms with Crippen LogP contribution >= 0.6 is 0 Å². The molecule has 1 spiro atoms. The molecule has 2 aliphatic rings. The summed E-state index contributed by atoms with van der Waals surface area (Å²) in [6.45, 7) is 4.32. The van der Waals surface area contributed by atoms with Gasteiger partial charge in [-0.05, 0) is 49.7 Å². The van der Waals surface area contributed by atoms with Gasteiger partial charge < -0.3 is 24.7 Å². The maximum Gasteiger partial charge on any atom is 0.283 e. The molecule has 0 unspecified atom stereocenters. The summed E-state index contributed by atoms with van der Waals surface area (Å²) >= 11 is 0. The van der Waals surface area contributed by atoms with Crippen LogP contribution in [0.5, 0.6) is 17.4 Å². The molecule has 4 heterocycles. The van der Waals surface area contributed by atoms with Crippen molar-refractivity contribution >= 4 is 6.02 Å². The van der Waals surface area contributed by atoms with Crippen LogP contribution in [0.15, 0.2) is 53.8 Å². The van der Waals surface area contributed by atoms with Crippen LogP contribution in [0.3, 0.4) is 0 Å². The van der Waals surface area contributed by atoms with Crippen LogP contribution in [0.25, 0.3) is 11.1 Å². The molecule has 2 aromatic heterocycles. The summed E-state index contributed by atoms with van der Waals surface area (Å²) in [5.41, 5.74) is 6.80. The van der Waals surface area contributed by atoms with Gasteiger partial charge in [-0.15, -0.1) is 0 Å². The highest BCUT2D eigenvalue weighted by molar-refractivity contribution is 5.77. The lowest BCUT2D eigenvalue weighted by Crippen LogP contribution is -2.32. The zero-order valence-electron chi connectivity index (χ0n) is 18.5. The van der Waals surface area contributed by atoms with E-state index in [1.54, 1.807) is 37.6 Å². The Bertz CT molecular complexity index is 1260. The lowest BCUT2D eigenvalue weighted by Gasteiger charge is -2.33. The van der Waals surface area contributed by atoms with Gasteiger partial charge in [-0.3, -0.25) is 0 Å². The van der Waals surface area contributed by atoms with E-state index in [0.717, 1.165) is 0 Å². The summed E-state index contributed by atoms with van der Waals surface area (Å²) in [5.74, 6) is 0.885. The second-order valence-corrected chi connectivity index (χ2v) is 8.53. The number of aromatic nitrogens is 2. The second kappa shape index (κ2) is 7.70. The molecule has 9 heteroatoms. The van der Waals surface area contributed by atoms with E-state index in [0.29, 0.717) is 46.2 Å². The standard InChI is InChI=1S/C24H23FN4O4/c1-23(2,30-3)12-31-15-10-18-21(28-11-15)33-19-7-6-14(16-5-4-8-27-20(16)25)9-17(19)24(18)13-32-22(26)29-24/h4-11H,12-13H2,1-3H3,(H2,26,29)/t24-/m0/s1. The minimum atomic E-state index is -1.01. The molecule has 3 aromatic rings. The molecule has 0 bridgehead atoms. The summed E-state index contributed by atoms with van der Waals surface area (Å²) in [7, 11) is 1.63. The Kier molecular flexibility index (Phi) is 4.93. The van der Waals surface area contributed by atoms with Crippen LogP contribution in [0.2, 0.25) is 0 Å². The number of hydrogen-bond donors (Lipinski definition) is 1. The molecule has 2 aliphatic heterocycles. The number of nitrogens with zero attached hydrogens (tertiary/aromatic N) is 3. The number of ether oxygens (including phenoxy) is 4. The zero-order chi connectivity index (χ0) is 23.2. The topological polar surface area (TPSA) is 101 Å². The Morgan fingerprint density at radius 1 is 1.18 bits per heavy atom. The van der Waals surface area contributed by atoms with Crippen LogP contribution in [0, 0.1) is 5.95 Å². The normalized spacial score (nSPS) is 18.7. The van der Waals surface area contributed by atoms with Gasteiger partial charge in [0.05, 0.1) is 17.4 Å². The summed E-state index contributed by atoms with van der Waals surface area (Å²) < 4.78 is 37.4. The first-order chi connectivity index (χ1) is 15.8. The molecule has 5 rings (SSSR count). The molecule has 0 radical (unpaired) electrons. The first-order valence-electron chi connectivity index (χ1n) is 10.4. The minimum absolute atomic E-state index is 0.0543. The van der Waals surface area contributed by atoms with E-state index in [1.807, 2.05) is 26.0 Å². The highest BCUT2D eigenvalue weighted by Gasteiger charge is 2.48. The van der Waals surface area contributed by atoms with E-state index < -0.39 is 17.1 Å². The smallest absolute Gasteiger partial charge is 0.283 e. The molecule has 1 aromatic carbocycles. The molecule has 0 saturated heterocycles. The predicted molar refractivity (Wildman–Crippen MR) is 119 cm³/mol. The van der Waals surface area contributed by atoms with Crippen molar-refractivity contribution in [3.8, 4) is 28.5 Å². The van der Waals surface area contributed by atoms with E-state index >= 15 is 0 Å². The fraction of sp³-hybridized carbons (Fsp3) is 0.292. The number of amidine groups is 1. The molecule has 1 atom stereocenters. The van der Waals surface area contributed by atoms with Crippen molar-refractivity contribution in [1.82, 2.24) is 9.97 Å². The number of pyridine rings is 2. The average Bonchev–Trinajstić information content (AvgIpc) is 3.20. The molecule has 170 valence electrons. The van der Waals surface area contributed by atoms with E-state index in [9.17, 15) is 4.39 Å². The first-order valence-corrected chi connectivity index (χ1v) is 10.4. The quantitative estimate of drug-likeness (QED) is 0.590. The van der Waals surface area contributed by atoms with Crippen molar-refractivity contribution in [3.05, 3.63) is 65.9 Å². The van der Waals surface area contributed by atoms with Crippen LogP contribution in [-0.2, 0) is 15.0 Å². The fourth-order valence-electron chi connectivity index (χ4n) is 3.87. The molecule has 0 saturated carbocycles. The number of methoxy groups -OCH3 is 1. The second-order valence-electron chi connectivity index (χ2n) is 8.53. The number of nitrogens with two attached hydrogens (primary N) is 1. The molecule has 33 heavy (non-hydrogen) atoms. The number of rotatable bonds is 5. The van der Waals surface area contributed by atoms with Gasteiger partial charge in [0.1, 0.15) is 24.7 Å². The van der Waals surface area contributed by atoms with Crippen LogP contribution < -0.4 is 15.2 Å². The molecule has 2 N–H and O–H groups in total. The number of fused-ring (bicyclic) bond motifs is 4. The average molecular weight is 450 g/mol. The largest absolute Gasteiger partial charge is 0.489 e. The van der Waals surface area contributed by atoms with Crippen LogP contribution in [-0.4, -0.2) is 41.9 Å². The maximum absolute atomic E-state index is 14.4. The molecule has 8 nitrogen and oxygen atoms in total. The Morgan fingerprint density at radius 2 is 2.03 bits per heavy atom. The molecular formula is C24H23FN4O4. The van der Waals surface area contributed by atoms with Gasteiger partial charge in [-0.1, -0.05) is 6.07 Å². The number of aliphatic imine (C=N–C) groups is 1. The van der Waals surface area contributed by atoms with Crippen molar-refractivity contribution in [2.24, 2.45) is 10.7 Å². The molecular weight excluding hydrogens is 427 g/mol. The molecule has 0 amide bonds. The van der Waals surface area contributed by atoms with Gasteiger partial charge in [0, 0.05) is 24.4 Å². The Balaban J connectivity index is 1.61. The summed E-state index contributed by atoms with van der Waals surface area (Å²) in [4.78, 5) is 12.9. The SMILES string of the molecule is COC(C)(C)COc1cnc2c(c1)[C@]1(COC(N)=N1)c1cc(-c3cccnc3F)ccc1O2. The van der Waals surface area contributed by atoms with Gasteiger partial charge in [0.2, 0.25) is 11.8 Å². The van der Waals surface area contributed by atoms with Crippen LogP contribution in [0.1, 0.15) is 25.0 Å². The fourth-order valence-corrected chi connectivity index (χ4v) is 3.87. The van der Waals surface area contributed by atoms with Crippen molar-refractivity contribution in [1.29, 1.82) is 0 Å². The van der Waals surface area contributed by atoms with Gasteiger partial charge in [0.15, 0.2) is 5.54 Å². The van der Waals surface area contributed by atoms with E-state index in [1.165, 1.54) is 6.20 Å². The van der Waals surface area contributed by atoms with Gasteiger partial charge >= 0.3 is 0 Å². The summed E-state index contributed by atoms with van der Waals surface area (Å²) in [6, 6.07) is 10.6. The predicted octanol–water partition coefficient (Wildman–Crippen LogP) is 3.78. The van der Waals surface area contributed by atoms with Crippen molar-refractivity contribution < 1.29 is 23.3 Å². The maximum atomic E-state index is 14.4. The van der Waals surface area contributed by atoms with Crippen molar-refractivity contribution in [2.75, 3.05) is 20.3 Å². The Labute approximate surface area is 190 Å². The van der Waals surface area contributed by atoms with E-state index in [-0.39, 0.29) is 12.6 Å². The number of benzene rings is 1. The highest BCUT2D eigenvalue weighted by atomic mass is 19.1. The lowest BCUT2D eigenvalue weighted by molar-refractivity contribution is -0.0148. The van der Waals surface area contributed by atoms with Crippen LogP contribution in [0.4, 0.5) is 4.39 Å².